The van der Waals surface area contributed by atoms with Crippen LogP contribution in [0.2, 0.25) is 0 Å². The largest absolute Gasteiger partial charge is 0.381 e. The molecule has 3 heterocycles. The van der Waals surface area contributed by atoms with E-state index in [0.29, 0.717) is 0 Å². The van der Waals surface area contributed by atoms with Crippen molar-refractivity contribution in [1.29, 1.82) is 0 Å². The van der Waals surface area contributed by atoms with Crippen LogP contribution in [-0.4, -0.2) is 61.3 Å². The Labute approximate surface area is 98.7 Å². The molecule has 0 aliphatic carbocycles. The van der Waals surface area contributed by atoms with Gasteiger partial charge in [0, 0.05) is 50.1 Å². The van der Waals surface area contributed by atoms with Crippen molar-refractivity contribution >= 4 is 0 Å². The first-order valence-corrected chi connectivity index (χ1v) is 6.80. The van der Waals surface area contributed by atoms with Gasteiger partial charge in [-0.3, -0.25) is 9.80 Å². The van der Waals surface area contributed by atoms with E-state index >= 15 is 0 Å². The molecule has 3 atom stereocenters. The van der Waals surface area contributed by atoms with Crippen LogP contribution in [0.4, 0.5) is 0 Å². The zero-order valence-electron chi connectivity index (χ0n) is 10.6. The predicted octanol–water partition coefficient (Wildman–Crippen LogP) is 1.05. The lowest BCUT2D eigenvalue weighted by molar-refractivity contribution is 0.137. The van der Waals surface area contributed by atoms with Crippen LogP contribution >= 0.6 is 0 Å². The number of hydrogen-bond acceptors (Lipinski definition) is 3. The van der Waals surface area contributed by atoms with E-state index in [2.05, 4.69) is 23.6 Å². The van der Waals surface area contributed by atoms with Gasteiger partial charge in [0.25, 0.3) is 0 Å². The molecule has 3 nitrogen and oxygen atoms in total. The third kappa shape index (κ3) is 1.89. The van der Waals surface area contributed by atoms with Crippen LogP contribution in [-0.2, 0) is 4.74 Å². The molecule has 0 aromatic heterocycles. The molecular formula is C13H24N2O. The molecular weight excluding hydrogens is 200 g/mol. The Morgan fingerprint density at radius 1 is 1.06 bits per heavy atom. The fraction of sp³-hybridized carbons (Fsp3) is 1.00. The highest BCUT2D eigenvalue weighted by Crippen LogP contribution is 2.32. The first-order valence-electron chi connectivity index (χ1n) is 6.80. The van der Waals surface area contributed by atoms with E-state index < -0.39 is 0 Å². The summed E-state index contributed by atoms with van der Waals surface area (Å²) in [5.74, 6) is 1.68. The van der Waals surface area contributed by atoms with Gasteiger partial charge in [-0.25, -0.2) is 0 Å². The molecule has 0 amide bonds. The van der Waals surface area contributed by atoms with E-state index in [1.165, 1.54) is 32.6 Å². The number of nitrogens with zero attached hydrogens (tertiary/aromatic N) is 2. The third-order valence-corrected chi connectivity index (χ3v) is 4.71. The van der Waals surface area contributed by atoms with Crippen molar-refractivity contribution in [2.24, 2.45) is 11.8 Å². The number of fused-ring (bicyclic) bond motifs is 1. The Kier molecular flexibility index (Phi) is 2.94. The van der Waals surface area contributed by atoms with E-state index in [-0.39, 0.29) is 0 Å². The molecule has 3 heteroatoms. The summed E-state index contributed by atoms with van der Waals surface area (Å²) in [6.45, 7) is 11.8. The second kappa shape index (κ2) is 4.28. The van der Waals surface area contributed by atoms with Crippen LogP contribution in [0.25, 0.3) is 0 Å². The van der Waals surface area contributed by atoms with Crippen molar-refractivity contribution in [3.05, 3.63) is 0 Å². The van der Waals surface area contributed by atoms with E-state index in [9.17, 15) is 0 Å². The van der Waals surface area contributed by atoms with Gasteiger partial charge in [0.15, 0.2) is 0 Å². The van der Waals surface area contributed by atoms with Gasteiger partial charge in [-0.1, -0.05) is 0 Å². The molecule has 0 spiro atoms. The summed E-state index contributed by atoms with van der Waals surface area (Å²) < 4.78 is 5.54. The summed E-state index contributed by atoms with van der Waals surface area (Å²) in [5.41, 5.74) is 0. The van der Waals surface area contributed by atoms with Gasteiger partial charge >= 0.3 is 0 Å². The fourth-order valence-electron chi connectivity index (χ4n) is 3.56. The van der Waals surface area contributed by atoms with Crippen molar-refractivity contribution < 1.29 is 4.74 Å². The maximum Gasteiger partial charge on any atom is 0.0510 e. The van der Waals surface area contributed by atoms with Gasteiger partial charge in [0.2, 0.25) is 0 Å². The van der Waals surface area contributed by atoms with Gasteiger partial charge in [-0.15, -0.1) is 0 Å². The molecule has 0 radical (unpaired) electrons. The Morgan fingerprint density at radius 2 is 1.75 bits per heavy atom. The van der Waals surface area contributed by atoms with Gasteiger partial charge in [0.05, 0.1) is 13.2 Å². The summed E-state index contributed by atoms with van der Waals surface area (Å²) in [7, 11) is 0. The molecule has 3 fully saturated rings. The topological polar surface area (TPSA) is 15.7 Å². The number of ether oxygens (including phenoxy) is 1. The number of rotatable bonds is 2. The highest BCUT2D eigenvalue weighted by molar-refractivity contribution is 4.93. The average Bonchev–Trinajstić information content (AvgIpc) is 2.91. The van der Waals surface area contributed by atoms with Crippen LogP contribution in [0.5, 0.6) is 0 Å². The lowest BCUT2D eigenvalue weighted by Gasteiger charge is -2.26. The molecule has 0 N–H and O–H groups in total. The third-order valence-electron chi connectivity index (χ3n) is 4.71. The van der Waals surface area contributed by atoms with Crippen molar-refractivity contribution in [1.82, 2.24) is 9.80 Å². The maximum atomic E-state index is 5.54. The monoisotopic (exact) mass is 224 g/mol. The molecule has 3 aliphatic heterocycles. The van der Waals surface area contributed by atoms with E-state index in [4.69, 9.17) is 4.74 Å². The van der Waals surface area contributed by atoms with Crippen LogP contribution in [0, 0.1) is 11.8 Å². The highest BCUT2D eigenvalue weighted by Gasteiger charge is 2.41. The van der Waals surface area contributed by atoms with Gasteiger partial charge in [-0.2, -0.15) is 0 Å². The smallest absolute Gasteiger partial charge is 0.0510 e. The molecule has 16 heavy (non-hydrogen) atoms. The molecule has 3 rings (SSSR count). The summed E-state index contributed by atoms with van der Waals surface area (Å²) in [5, 5.41) is 0. The van der Waals surface area contributed by atoms with Gasteiger partial charge in [0.1, 0.15) is 0 Å². The van der Waals surface area contributed by atoms with Crippen LogP contribution in [0.3, 0.4) is 0 Å². The highest BCUT2D eigenvalue weighted by atomic mass is 16.5. The molecule has 3 aliphatic rings. The first-order chi connectivity index (χ1) is 7.74. The summed E-state index contributed by atoms with van der Waals surface area (Å²) >= 11 is 0. The molecule has 0 saturated carbocycles. The first kappa shape index (κ1) is 11.0. The second-order valence-corrected chi connectivity index (χ2v) is 6.04. The SMILES string of the molecule is CC(C)N1CCC(N2CC3COCC3C2)C1. The Balaban J connectivity index is 1.56. The lowest BCUT2D eigenvalue weighted by Crippen LogP contribution is -2.38. The average molecular weight is 224 g/mol. The van der Waals surface area contributed by atoms with Crippen molar-refractivity contribution in [2.45, 2.75) is 32.4 Å². The minimum atomic E-state index is 0.718. The minimum absolute atomic E-state index is 0.718. The summed E-state index contributed by atoms with van der Waals surface area (Å²) in [4.78, 5) is 5.36. The molecule has 0 aromatic carbocycles. The lowest BCUT2D eigenvalue weighted by atomic mass is 10.0. The number of likely N-dealkylation sites (tertiary alicyclic amines) is 2. The zero-order chi connectivity index (χ0) is 11.1. The van der Waals surface area contributed by atoms with E-state index in [1.54, 1.807) is 0 Å². The second-order valence-electron chi connectivity index (χ2n) is 6.04. The molecule has 0 aromatic rings. The molecule has 92 valence electrons. The van der Waals surface area contributed by atoms with Crippen molar-refractivity contribution in [3.63, 3.8) is 0 Å². The van der Waals surface area contributed by atoms with Crippen molar-refractivity contribution in [3.8, 4) is 0 Å². The zero-order valence-corrected chi connectivity index (χ0v) is 10.6. The Morgan fingerprint density at radius 3 is 2.31 bits per heavy atom. The Bertz CT molecular complexity index is 244. The molecule has 0 bridgehead atoms. The summed E-state index contributed by atoms with van der Waals surface area (Å²) in [6.07, 6.45) is 1.37. The van der Waals surface area contributed by atoms with Crippen LogP contribution in [0.15, 0.2) is 0 Å². The molecule has 3 saturated heterocycles. The quantitative estimate of drug-likeness (QED) is 0.697. The normalized spacial score (nSPS) is 41.1. The predicted molar refractivity (Wildman–Crippen MR) is 64.5 cm³/mol. The standard InChI is InChI=1S/C13H24N2O/c1-10(2)14-4-3-13(7-14)15-5-11-8-16-9-12(11)6-15/h10-13H,3-9H2,1-2H3. The number of hydrogen-bond donors (Lipinski definition) is 0. The van der Waals surface area contributed by atoms with Gasteiger partial charge in [-0.05, 0) is 20.3 Å². The van der Waals surface area contributed by atoms with Crippen LogP contribution < -0.4 is 0 Å². The van der Waals surface area contributed by atoms with Crippen molar-refractivity contribution in [2.75, 3.05) is 39.4 Å². The van der Waals surface area contributed by atoms with E-state index in [1.807, 2.05) is 0 Å². The Hall–Kier alpha value is -0.120. The minimum Gasteiger partial charge on any atom is -0.381 e. The van der Waals surface area contributed by atoms with Crippen LogP contribution in [0.1, 0.15) is 20.3 Å². The maximum absolute atomic E-state index is 5.54. The fourth-order valence-corrected chi connectivity index (χ4v) is 3.56. The summed E-state index contributed by atoms with van der Waals surface area (Å²) in [6, 6.07) is 1.54. The van der Waals surface area contributed by atoms with E-state index in [0.717, 1.165) is 37.1 Å². The molecule has 3 unspecified atom stereocenters. The van der Waals surface area contributed by atoms with Gasteiger partial charge < -0.3 is 4.74 Å².